The molecule has 0 fully saturated rings. The Balaban J connectivity index is 2.19. The molecule has 0 saturated heterocycles. The van der Waals surface area contributed by atoms with Gasteiger partial charge >= 0.3 is 0 Å². The Kier molecular flexibility index (Phi) is 4.59. The zero-order valence-electron chi connectivity index (χ0n) is 13.0. The van der Waals surface area contributed by atoms with Gasteiger partial charge < -0.3 is 5.11 Å². The van der Waals surface area contributed by atoms with E-state index in [-0.39, 0.29) is 38.6 Å². The van der Waals surface area contributed by atoms with Gasteiger partial charge in [-0.15, -0.1) is 0 Å². The van der Waals surface area contributed by atoms with Gasteiger partial charge in [0, 0.05) is 23.3 Å². The summed E-state index contributed by atoms with van der Waals surface area (Å²) in [4.78, 5) is -0.233. The molecule has 0 aliphatic heterocycles. The Morgan fingerprint density at radius 1 is 1.28 bits per heavy atom. The summed E-state index contributed by atoms with van der Waals surface area (Å²) < 4.78 is 66.3. The number of alkyl halides is 2. The Morgan fingerprint density at radius 3 is 2.56 bits per heavy atom. The molecule has 1 N–H and O–H groups in total. The second-order valence-corrected chi connectivity index (χ2v) is 8.47. The van der Waals surface area contributed by atoms with Gasteiger partial charge in [0.25, 0.3) is 0 Å². The summed E-state index contributed by atoms with van der Waals surface area (Å²) in [5, 5.41) is 10.0. The average Bonchev–Trinajstić information content (AvgIpc) is 2.79. The van der Waals surface area contributed by atoms with E-state index in [1.165, 1.54) is 12.1 Å². The summed E-state index contributed by atoms with van der Waals surface area (Å²) in [6.07, 6.45) is -4.62. The van der Waals surface area contributed by atoms with Gasteiger partial charge in [-0.05, 0) is 41.0 Å². The van der Waals surface area contributed by atoms with Crippen molar-refractivity contribution in [1.29, 1.82) is 0 Å². The van der Waals surface area contributed by atoms with Crippen LogP contribution in [-0.2, 0) is 16.3 Å². The number of halogens is 4. The van der Waals surface area contributed by atoms with Crippen molar-refractivity contribution in [3.05, 3.63) is 63.4 Å². The molecule has 0 spiro atoms. The van der Waals surface area contributed by atoms with Crippen LogP contribution in [-0.4, -0.2) is 26.0 Å². The maximum atomic E-state index is 15.0. The van der Waals surface area contributed by atoms with Gasteiger partial charge in [0.1, 0.15) is 18.1 Å². The molecule has 3 nitrogen and oxygen atoms in total. The van der Waals surface area contributed by atoms with E-state index in [1.807, 2.05) is 0 Å². The molecule has 2 aromatic rings. The third kappa shape index (κ3) is 3.28. The normalized spacial score (nSPS) is 21.2. The predicted molar refractivity (Wildman–Crippen MR) is 87.5 cm³/mol. The lowest BCUT2D eigenvalue weighted by molar-refractivity contribution is 0.0907. The Morgan fingerprint density at radius 2 is 1.96 bits per heavy atom. The smallest absolute Gasteiger partial charge is 0.175 e. The number of aliphatic hydroxyl groups is 1. The number of fused-ring (bicyclic) bond motifs is 1. The third-order valence-electron chi connectivity index (χ3n) is 4.24. The largest absolute Gasteiger partial charge is 0.385 e. The van der Waals surface area contributed by atoms with Crippen molar-refractivity contribution in [3.8, 4) is 0 Å². The molecule has 2 aromatic carbocycles. The highest BCUT2D eigenvalue weighted by Crippen LogP contribution is 2.43. The van der Waals surface area contributed by atoms with Gasteiger partial charge in [-0.1, -0.05) is 17.7 Å². The molecule has 1 aliphatic carbocycles. The van der Waals surface area contributed by atoms with Crippen LogP contribution in [0.4, 0.5) is 13.2 Å². The van der Waals surface area contributed by atoms with Crippen LogP contribution in [0.25, 0.3) is 0 Å². The molecule has 3 rings (SSSR count). The first-order valence-electron chi connectivity index (χ1n) is 7.37. The second kappa shape index (κ2) is 6.30. The Hall–Kier alpha value is -1.57. The van der Waals surface area contributed by atoms with E-state index in [0.29, 0.717) is 0 Å². The number of aliphatic hydroxyl groups excluding tert-OH is 1. The summed E-state index contributed by atoms with van der Waals surface area (Å²) in [7, 11) is -3.74. The number of hydrogen-bond acceptors (Lipinski definition) is 3. The zero-order chi connectivity index (χ0) is 18.5. The lowest BCUT2D eigenvalue weighted by Crippen LogP contribution is -2.10. The first-order chi connectivity index (χ1) is 11.6. The van der Waals surface area contributed by atoms with E-state index in [0.717, 1.165) is 24.5 Å². The van der Waals surface area contributed by atoms with Gasteiger partial charge in [-0.2, -0.15) is 0 Å². The molecule has 0 bridgehead atoms. The van der Waals surface area contributed by atoms with E-state index in [4.69, 9.17) is 11.6 Å². The standard InChI is InChI=1S/C17H14ClF3O3S/c1-25(23,24)14-3-2-11(12-7-13(20)17(22)15(12)14)16(21)8-4-9(18)6-10(19)5-8/h2-6,13,16-17,22H,7H2,1H3/t13-,16+,17-/m1/s1. The molecule has 0 heterocycles. The van der Waals surface area contributed by atoms with Crippen molar-refractivity contribution in [3.63, 3.8) is 0 Å². The van der Waals surface area contributed by atoms with Gasteiger partial charge in [0.05, 0.1) is 4.90 Å². The molecule has 134 valence electrons. The quantitative estimate of drug-likeness (QED) is 0.865. The van der Waals surface area contributed by atoms with Gasteiger partial charge in [0.15, 0.2) is 16.0 Å². The highest BCUT2D eigenvalue weighted by molar-refractivity contribution is 7.90. The molecule has 0 amide bonds. The summed E-state index contributed by atoms with van der Waals surface area (Å²) in [5.74, 6) is -0.724. The average molecular weight is 391 g/mol. The van der Waals surface area contributed by atoms with Crippen LogP contribution >= 0.6 is 11.6 Å². The fourth-order valence-corrected chi connectivity index (χ4v) is 4.35. The molecule has 1 aliphatic rings. The number of hydrogen-bond donors (Lipinski definition) is 1. The lowest BCUT2D eigenvalue weighted by Gasteiger charge is -2.17. The van der Waals surface area contributed by atoms with Gasteiger partial charge in [-0.3, -0.25) is 0 Å². The van der Waals surface area contributed by atoms with E-state index >= 15 is 0 Å². The highest BCUT2D eigenvalue weighted by atomic mass is 35.5. The summed E-state index contributed by atoms with van der Waals surface area (Å²) in [5.41, 5.74) is -0.118. The first-order valence-corrected chi connectivity index (χ1v) is 9.64. The van der Waals surface area contributed by atoms with E-state index in [9.17, 15) is 26.7 Å². The van der Waals surface area contributed by atoms with Crippen LogP contribution in [0.3, 0.4) is 0 Å². The van der Waals surface area contributed by atoms with Crippen LogP contribution in [0.5, 0.6) is 0 Å². The van der Waals surface area contributed by atoms with Crippen molar-refractivity contribution in [2.45, 2.75) is 29.8 Å². The molecule has 0 aromatic heterocycles. The highest BCUT2D eigenvalue weighted by Gasteiger charge is 2.38. The summed E-state index contributed by atoms with van der Waals surface area (Å²) >= 11 is 5.74. The molecule has 0 radical (unpaired) electrons. The lowest BCUT2D eigenvalue weighted by atomic mass is 9.95. The molecule has 3 atom stereocenters. The fourth-order valence-electron chi connectivity index (χ4n) is 3.16. The fraction of sp³-hybridized carbons (Fsp3) is 0.294. The molecule has 0 unspecified atom stereocenters. The minimum absolute atomic E-state index is 0.00505. The number of rotatable bonds is 3. The summed E-state index contributed by atoms with van der Waals surface area (Å²) in [6.45, 7) is 0. The monoisotopic (exact) mass is 390 g/mol. The van der Waals surface area contributed by atoms with Crippen molar-refractivity contribution >= 4 is 21.4 Å². The number of sulfone groups is 1. The molecule has 25 heavy (non-hydrogen) atoms. The maximum absolute atomic E-state index is 15.0. The van der Waals surface area contributed by atoms with E-state index in [2.05, 4.69) is 0 Å². The van der Waals surface area contributed by atoms with Crippen molar-refractivity contribution in [2.24, 2.45) is 0 Å². The third-order valence-corrected chi connectivity index (χ3v) is 5.61. The minimum Gasteiger partial charge on any atom is -0.385 e. The molecule has 8 heteroatoms. The van der Waals surface area contributed by atoms with Crippen LogP contribution < -0.4 is 0 Å². The van der Waals surface area contributed by atoms with E-state index < -0.39 is 34.1 Å². The van der Waals surface area contributed by atoms with E-state index in [1.54, 1.807) is 0 Å². The molecule has 0 saturated carbocycles. The van der Waals surface area contributed by atoms with Crippen molar-refractivity contribution in [2.75, 3.05) is 6.26 Å². The summed E-state index contributed by atoms with van der Waals surface area (Å²) in [6, 6.07) is 5.59. The van der Waals surface area contributed by atoms with Crippen LogP contribution in [0, 0.1) is 5.82 Å². The first kappa shape index (κ1) is 18.2. The zero-order valence-corrected chi connectivity index (χ0v) is 14.6. The van der Waals surface area contributed by atoms with Crippen molar-refractivity contribution < 1.29 is 26.7 Å². The minimum atomic E-state index is -3.74. The van der Waals surface area contributed by atoms with Gasteiger partial charge in [0.2, 0.25) is 0 Å². The maximum Gasteiger partial charge on any atom is 0.175 e. The van der Waals surface area contributed by atoms with Gasteiger partial charge in [-0.25, -0.2) is 21.6 Å². The SMILES string of the molecule is CS(=O)(=O)c1ccc([C@@H](F)c2cc(F)cc(Cl)c2)c2c1[C@H](O)[C@H](F)C2. The van der Waals surface area contributed by atoms with Crippen molar-refractivity contribution in [1.82, 2.24) is 0 Å². The Bertz CT molecular complexity index is 926. The predicted octanol–water partition coefficient (Wildman–Crippen LogP) is 3.87. The Labute approximate surface area is 148 Å². The second-order valence-electron chi connectivity index (χ2n) is 6.05. The van der Waals surface area contributed by atoms with Crippen LogP contribution in [0.1, 0.15) is 34.5 Å². The number of benzene rings is 2. The van der Waals surface area contributed by atoms with Crippen LogP contribution in [0.2, 0.25) is 5.02 Å². The topological polar surface area (TPSA) is 54.4 Å². The molecular formula is C17H14ClF3O3S. The van der Waals surface area contributed by atoms with Crippen LogP contribution in [0.15, 0.2) is 35.2 Å². The molecular weight excluding hydrogens is 377 g/mol.